The third-order valence-electron chi connectivity index (χ3n) is 6.27. The Balaban J connectivity index is 1.34. The van der Waals surface area contributed by atoms with Crippen LogP contribution >= 0.6 is 0 Å². The lowest BCUT2D eigenvalue weighted by Crippen LogP contribution is -2.34. The van der Waals surface area contributed by atoms with Gasteiger partial charge in [-0.3, -0.25) is 24.1 Å². The molecule has 0 unspecified atom stereocenters. The fourth-order valence-corrected chi connectivity index (χ4v) is 4.37. The molecule has 8 heteroatoms. The first-order valence-electron chi connectivity index (χ1n) is 12.1. The second kappa shape index (κ2) is 11.0. The standard InChI is InChI=1S/C29H26FN5O2/c30-24-11-5-4-7-20(24)10-6-12-26-29(37)35(27(18-32-26)21-8-2-1-3-9-21)19-28(36)33-17-23-15-22-16-31-14-13-25(22)34-23/h1-5,7-9,11,13-16,18,34H,6,10,12,17,19H2,(H,33,36). The summed E-state index contributed by atoms with van der Waals surface area (Å²) in [6.45, 7) is 0.150. The molecule has 1 amide bonds. The van der Waals surface area contributed by atoms with Crippen molar-refractivity contribution in [2.45, 2.75) is 32.4 Å². The number of carbonyl (C=O) groups is 1. The number of nitrogens with zero attached hydrogens (tertiary/aromatic N) is 3. The van der Waals surface area contributed by atoms with E-state index >= 15 is 0 Å². The number of carbonyl (C=O) groups excluding carboxylic acids is 1. The first-order valence-corrected chi connectivity index (χ1v) is 12.1. The number of aromatic amines is 1. The van der Waals surface area contributed by atoms with Crippen molar-refractivity contribution in [1.29, 1.82) is 0 Å². The number of hydrogen-bond donors (Lipinski definition) is 2. The van der Waals surface area contributed by atoms with Crippen LogP contribution in [-0.4, -0.2) is 25.4 Å². The normalized spacial score (nSPS) is 11.1. The molecule has 0 fully saturated rings. The Bertz CT molecular complexity index is 1560. The highest BCUT2D eigenvalue weighted by molar-refractivity contribution is 5.80. The van der Waals surface area contributed by atoms with Crippen LogP contribution in [0.5, 0.6) is 0 Å². The number of amides is 1. The summed E-state index contributed by atoms with van der Waals surface area (Å²) in [7, 11) is 0. The van der Waals surface area contributed by atoms with Crippen LogP contribution in [-0.2, 0) is 30.7 Å². The Labute approximate surface area is 213 Å². The molecule has 7 nitrogen and oxygen atoms in total. The number of aryl methyl sites for hydroxylation is 2. The van der Waals surface area contributed by atoms with Gasteiger partial charge in [0.1, 0.15) is 18.1 Å². The number of rotatable bonds is 9. The van der Waals surface area contributed by atoms with E-state index < -0.39 is 0 Å². The molecule has 0 aliphatic rings. The first-order chi connectivity index (χ1) is 18.1. The molecule has 5 aromatic rings. The van der Waals surface area contributed by atoms with Gasteiger partial charge in [0, 0.05) is 29.0 Å². The van der Waals surface area contributed by atoms with E-state index in [1.807, 2.05) is 42.5 Å². The molecular weight excluding hydrogens is 469 g/mol. The maximum Gasteiger partial charge on any atom is 0.273 e. The molecule has 0 saturated carbocycles. The zero-order valence-electron chi connectivity index (χ0n) is 20.2. The highest BCUT2D eigenvalue weighted by Crippen LogP contribution is 2.18. The Kier molecular flexibility index (Phi) is 7.16. The highest BCUT2D eigenvalue weighted by atomic mass is 19.1. The maximum atomic E-state index is 14.0. The molecule has 186 valence electrons. The third-order valence-corrected chi connectivity index (χ3v) is 6.27. The molecule has 5 rings (SSSR count). The fourth-order valence-electron chi connectivity index (χ4n) is 4.37. The third kappa shape index (κ3) is 5.64. The smallest absolute Gasteiger partial charge is 0.273 e. The summed E-state index contributed by atoms with van der Waals surface area (Å²) in [6, 6.07) is 19.8. The molecule has 0 atom stereocenters. The van der Waals surface area contributed by atoms with Gasteiger partial charge < -0.3 is 10.3 Å². The predicted molar refractivity (Wildman–Crippen MR) is 140 cm³/mol. The molecule has 3 heterocycles. The predicted octanol–water partition coefficient (Wildman–Crippen LogP) is 4.42. The van der Waals surface area contributed by atoms with Gasteiger partial charge in [-0.2, -0.15) is 0 Å². The summed E-state index contributed by atoms with van der Waals surface area (Å²) in [5.74, 6) is -0.547. The monoisotopic (exact) mass is 495 g/mol. The lowest BCUT2D eigenvalue weighted by Gasteiger charge is -2.14. The molecule has 37 heavy (non-hydrogen) atoms. The van der Waals surface area contributed by atoms with Crippen LogP contribution in [0.25, 0.3) is 22.2 Å². The highest BCUT2D eigenvalue weighted by Gasteiger charge is 2.15. The Hall–Kier alpha value is -4.59. The first kappa shape index (κ1) is 24.1. The van der Waals surface area contributed by atoms with E-state index in [-0.39, 0.29) is 23.8 Å². The van der Waals surface area contributed by atoms with Gasteiger partial charge in [-0.1, -0.05) is 48.5 Å². The van der Waals surface area contributed by atoms with Crippen molar-refractivity contribution in [1.82, 2.24) is 24.8 Å². The molecule has 0 bridgehead atoms. The van der Waals surface area contributed by atoms with Crippen LogP contribution in [0.3, 0.4) is 0 Å². The van der Waals surface area contributed by atoms with Crippen molar-refractivity contribution in [3.63, 3.8) is 0 Å². The summed E-state index contributed by atoms with van der Waals surface area (Å²) in [4.78, 5) is 38.1. The number of fused-ring (bicyclic) bond motifs is 1. The van der Waals surface area contributed by atoms with Crippen molar-refractivity contribution in [2.24, 2.45) is 0 Å². The van der Waals surface area contributed by atoms with Crippen LogP contribution in [0.4, 0.5) is 4.39 Å². The van der Waals surface area contributed by atoms with Crippen molar-refractivity contribution in [3.05, 3.63) is 118 Å². The summed E-state index contributed by atoms with van der Waals surface area (Å²) < 4.78 is 15.4. The van der Waals surface area contributed by atoms with E-state index in [1.165, 1.54) is 10.6 Å². The zero-order chi connectivity index (χ0) is 25.6. The lowest BCUT2D eigenvalue weighted by atomic mass is 10.1. The van der Waals surface area contributed by atoms with Gasteiger partial charge in [-0.05, 0) is 48.6 Å². The minimum Gasteiger partial charge on any atom is -0.357 e. The van der Waals surface area contributed by atoms with Gasteiger partial charge in [-0.15, -0.1) is 0 Å². The molecule has 3 aromatic heterocycles. The molecule has 0 aliphatic carbocycles. The number of H-pyrrole nitrogens is 1. The van der Waals surface area contributed by atoms with Crippen molar-refractivity contribution in [3.8, 4) is 11.3 Å². The van der Waals surface area contributed by atoms with Crippen molar-refractivity contribution in [2.75, 3.05) is 0 Å². The number of nitrogens with one attached hydrogen (secondary N) is 2. The van der Waals surface area contributed by atoms with E-state index in [1.54, 1.807) is 36.8 Å². The molecule has 0 radical (unpaired) electrons. The Morgan fingerprint density at radius 1 is 1.00 bits per heavy atom. The Morgan fingerprint density at radius 3 is 2.62 bits per heavy atom. The van der Waals surface area contributed by atoms with Crippen LogP contribution in [0, 0.1) is 5.82 Å². The van der Waals surface area contributed by atoms with Gasteiger partial charge >= 0.3 is 0 Å². The van der Waals surface area contributed by atoms with Gasteiger partial charge in [-0.25, -0.2) is 4.39 Å². The number of halogens is 1. The number of hydrogen-bond acceptors (Lipinski definition) is 4. The van der Waals surface area contributed by atoms with Crippen LogP contribution < -0.4 is 10.9 Å². The van der Waals surface area contributed by atoms with Crippen LogP contribution in [0.15, 0.2) is 90.1 Å². The number of aromatic nitrogens is 4. The minimum absolute atomic E-state index is 0.145. The maximum absolute atomic E-state index is 14.0. The van der Waals surface area contributed by atoms with Crippen molar-refractivity contribution < 1.29 is 9.18 Å². The number of pyridine rings is 1. The second-order valence-electron chi connectivity index (χ2n) is 8.83. The Morgan fingerprint density at radius 2 is 1.81 bits per heavy atom. The summed E-state index contributed by atoms with van der Waals surface area (Å²) in [6.07, 6.45) is 6.54. The summed E-state index contributed by atoms with van der Waals surface area (Å²) in [5.41, 5.74) is 3.78. The summed E-state index contributed by atoms with van der Waals surface area (Å²) >= 11 is 0. The van der Waals surface area contributed by atoms with E-state index in [4.69, 9.17) is 0 Å². The lowest BCUT2D eigenvalue weighted by molar-refractivity contribution is -0.121. The van der Waals surface area contributed by atoms with Gasteiger partial charge in [0.2, 0.25) is 5.91 Å². The molecule has 0 spiro atoms. The van der Waals surface area contributed by atoms with Gasteiger partial charge in [0.05, 0.1) is 18.4 Å². The molecule has 2 N–H and O–H groups in total. The van der Waals surface area contributed by atoms with Crippen molar-refractivity contribution >= 4 is 16.8 Å². The van der Waals surface area contributed by atoms with E-state index in [2.05, 4.69) is 20.3 Å². The molecule has 0 aliphatic heterocycles. The molecule has 2 aromatic carbocycles. The SMILES string of the molecule is O=C(Cn1c(-c2ccccc2)cnc(CCCc2ccccc2F)c1=O)NCc1cc2cnccc2[nH]1. The average Bonchev–Trinajstić information content (AvgIpc) is 3.34. The largest absolute Gasteiger partial charge is 0.357 e. The van der Waals surface area contributed by atoms with E-state index in [9.17, 15) is 14.0 Å². The van der Waals surface area contributed by atoms with Crippen LogP contribution in [0.2, 0.25) is 0 Å². The van der Waals surface area contributed by atoms with E-state index in [0.29, 0.717) is 42.8 Å². The van der Waals surface area contributed by atoms with E-state index in [0.717, 1.165) is 22.2 Å². The quantitative estimate of drug-likeness (QED) is 0.317. The fraction of sp³-hybridized carbons (Fsp3) is 0.172. The van der Waals surface area contributed by atoms with Gasteiger partial charge in [0.25, 0.3) is 5.56 Å². The molecular formula is C29H26FN5O2. The minimum atomic E-state index is -0.318. The van der Waals surface area contributed by atoms with Crippen LogP contribution in [0.1, 0.15) is 23.4 Å². The molecule has 0 saturated heterocycles. The number of benzene rings is 2. The zero-order valence-corrected chi connectivity index (χ0v) is 20.2. The second-order valence-corrected chi connectivity index (χ2v) is 8.83. The average molecular weight is 496 g/mol. The van der Waals surface area contributed by atoms with Gasteiger partial charge in [0.15, 0.2) is 0 Å². The summed E-state index contributed by atoms with van der Waals surface area (Å²) in [5, 5.41) is 3.85. The topological polar surface area (TPSA) is 92.7 Å².